The maximum absolute atomic E-state index is 3.59. The van der Waals surface area contributed by atoms with E-state index in [1.54, 1.807) is 0 Å². The van der Waals surface area contributed by atoms with Crippen molar-refractivity contribution in [1.82, 2.24) is 5.32 Å². The highest BCUT2D eigenvalue weighted by molar-refractivity contribution is 9.10. The van der Waals surface area contributed by atoms with Crippen molar-refractivity contribution in [3.8, 4) is 0 Å². The first-order valence-corrected chi connectivity index (χ1v) is 7.41. The predicted octanol–water partition coefficient (Wildman–Crippen LogP) is 4.35. The van der Waals surface area contributed by atoms with Gasteiger partial charge in [0.15, 0.2) is 0 Å². The van der Waals surface area contributed by atoms with Gasteiger partial charge in [0.2, 0.25) is 0 Å². The van der Waals surface area contributed by atoms with Crippen LogP contribution in [0.3, 0.4) is 0 Å². The summed E-state index contributed by atoms with van der Waals surface area (Å²) in [5, 5.41) is 5.73. The normalized spacial score (nSPS) is 18.0. The molecule has 1 aliphatic rings. The summed E-state index contributed by atoms with van der Waals surface area (Å²) in [5.41, 5.74) is 0. The van der Waals surface area contributed by atoms with E-state index in [2.05, 4.69) is 39.6 Å². The van der Waals surface area contributed by atoms with Gasteiger partial charge < -0.3 is 5.32 Å². The Bertz CT molecular complexity index is 306. The molecular weight excluding hydrogens is 270 g/mol. The van der Waals surface area contributed by atoms with Crippen LogP contribution in [0.5, 0.6) is 0 Å². The lowest BCUT2D eigenvalue weighted by atomic mass is 10.2. The van der Waals surface area contributed by atoms with Crippen LogP contribution in [0.15, 0.2) is 15.9 Å². The van der Waals surface area contributed by atoms with Crippen molar-refractivity contribution >= 4 is 27.3 Å². The Labute approximate surface area is 104 Å². The van der Waals surface area contributed by atoms with Crippen LogP contribution in [0, 0.1) is 5.92 Å². The quantitative estimate of drug-likeness (QED) is 0.767. The maximum Gasteiger partial charge on any atom is 0.0397 e. The van der Waals surface area contributed by atoms with Crippen LogP contribution in [0.25, 0.3) is 0 Å². The Morgan fingerprint density at radius 1 is 1.60 bits per heavy atom. The Morgan fingerprint density at radius 3 is 3.00 bits per heavy atom. The van der Waals surface area contributed by atoms with Gasteiger partial charge in [0.25, 0.3) is 0 Å². The van der Waals surface area contributed by atoms with E-state index in [4.69, 9.17) is 0 Å². The lowest BCUT2D eigenvalue weighted by Crippen LogP contribution is -2.19. The predicted molar refractivity (Wildman–Crippen MR) is 70.4 cm³/mol. The highest BCUT2D eigenvalue weighted by Gasteiger charge is 2.20. The first-order valence-electron chi connectivity index (χ1n) is 5.73. The van der Waals surface area contributed by atoms with Crippen molar-refractivity contribution in [3.63, 3.8) is 0 Å². The summed E-state index contributed by atoms with van der Waals surface area (Å²) in [5.74, 6) is 1.07. The van der Waals surface area contributed by atoms with Gasteiger partial charge in [-0.05, 0) is 59.6 Å². The van der Waals surface area contributed by atoms with E-state index >= 15 is 0 Å². The molecule has 1 aliphatic carbocycles. The fourth-order valence-electron chi connectivity index (χ4n) is 1.82. The van der Waals surface area contributed by atoms with Crippen molar-refractivity contribution in [3.05, 3.63) is 20.8 Å². The van der Waals surface area contributed by atoms with Crippen molar-refractivity contribution in [2.24, 2.45) is 5.92 Å². The van der Waals surface area contributed by atoms with Crippen LogP contribution in [-0.2, 0) is 0 Å². The molecule has 0 spiro atoms. The van der Waals surface area contributed by atoms with Crippen molar-refractivity contribution < 1.29 is 0 Å². The molecule has 0 amide bonds. The van der Waals surface area contributed by atoms with E-state index in [0.29, 0.717) is 6.04 Å². The van der Waals surface area contributed by atoms with Crippen molar-refractivity contribution in [2.75, 3.05) is 6.54 Å². The lowest BCUT2D eigenvalue weighted by molar-refractivity contribution is 0.537. The Kier molecular flexibility index (Phi) is 4.23. The molecule has 1 aromatic rings. The number of thiophene rings is 1. The van der Waals surface area contributed by atoms with Gasteiger partial charge in [0.05, 0.1) is 0 Å². The molecule has 1 atom stereocenters. The van der Waals surface area contributed by atoms with Gasteiger partial charge in [0.1, 0.15) is 0 Å². The first-order chi connectivity index (χ1) is 7.27. The molecule has 1 nitrogen and oxygen atoms in total. The van der Waals surface area contributed by atoms with Crippen molar-refractivity contribution in [1.29, 1.82) is 0 Å². The van der Waals surface area contributed by atoms with E-state index in [1.807, 2.05) is 11.3 Å². The van der Waals surface area contributed by atoms with Crippen molar-refractivity contribution in [2.45, 2.75) is 38.6 Å². The van der Waals surface area contributed by atoms with Gasteiger partial charge in [-0.1, -0.05) is 12.8 Å². The van der Waals surface area contributed by atoms with Crippen LogP contribution >= 0.6 is 27.3 Å². The van der Waals surface area contributed by atoms with E-state index < -0.39 is 0 Å². The van der Waals surface area contributed by atoms with Crippen LogP contribution in [-0.4, -0.2) is 6.54 Å². The van der Waals surface area contributed by atoms with Crippen LogP contribution in [0.2, 0.25) is 0 Å². The molecule has 0 saturated heterocycles. The highest BCUT2D eigenvalue weighted by Crippen LogP contribution is 2.33. The average Bonchev–Trinajstić information content (AvgIpc) is 2.94. The minimum atomic E-state index is 0.485. The number of rotatable bonds is 6. The second-order valence-corrected chi connectivity index (χ2v) is 6.20. The molecule has 84 valence electrons. The largest absolute Gasteiger partial charge is 0.309 e. The molecule has 1 unspecified atom stereocenters. The lowest BCUT2D eigenvalue weighted by Gasteiger charge is -2.12. The van der Waals surface area contributed by atoms with Gasteiger partial charge in [-0.2, -0.15) is 0 Å². The molecule has 1 aromatic heterocycles. The third-order valence-electron chi connectivity index (χ3n) is 2.97. The molecule has 2 rings (SSSR count). The first kappa shape index (κ1) is 11.6. The van der Waals surface area contributed by atoms with Gasteiger partial charge in [0, 0.05) is 15.4 Å². The van der Waals surface area contributed by atoms with Gasteiger partial charge in [-0.25, -0.2) is 0 Å². The third-order valence-corrected chi connectivity index (χ3v) is 5.03. The zero-order valence-electron chi connectivity index (χ0n) is 9.13. The highest BCUT2D eigenvalue weighted by atomic mass is 79.9. The van der Waals surface area contributed by atoms with E-state index in [0.717, 1.165) is 12.5 Å². The van der Waals surface area contributed by atoms with E-state index in [9.17, 15) is 0 Å². The molecule has 0 bridgehead atoms. The SMILES string of the molecule is CC(NCCCC1CC1)c1sccc1Br. The molecule has 0 radical (unpaired) electrons. The third kappa shape index (κ3) is 3.58. The second kappa shape index (κ2) is 5.46. The summed E-state index contributed by atoms with van der Waals surface area (Å²) >= 11 is 5.40. The Hall–Kier alpha value is 0.140. The summed E-state index contributed by atoms with van der Waals surface area (Å²) in [7, 11) is 0. The summed E-state index contributed by atoms with van der Waals surface area (Å²) in [6.07, 6.45) is 5.71. The van der Waals surface area contributed by atoms with E-state index in [1.165, 1.54) is 35.0 Å². The standard InChI is InChI=1S/C12H18BrNS/c1-9(12-11(13)6-8-15-12)14-7-2-3-10-4-5-10/h6,8-10,14H,2-5,7H2,1H3. The minimum absolute atomic E-state index is 0.485. The molecule has 1 fully saturated rings. The van der Waals surface area contributed by atoms with Crippen LogP contribution in [0.4, 0.5) is 0 Å². The molecule has 1 N–H and O–H groups in total. The van der Waals surface area contributed by atoms with E-state index in [-0.39, 0.29) is 0 Å². The monoisotopic (exact) mass is 287 g/mol. The summed E-state index contributed by atoms with van der Waals surface area (Å²) in [6, 6.07) is 2.61. The fraction of sp³-hybridized carbons (Fsp3) is 0.667. The topological polar surface area (TPSA) is 12.0 Å². The van der Waals surface area contributed by atoms with Crippen LogP contribution in [0.1, 0.15) is 43.5 Å². The maximum atomic E-state index is 3.59. The minimum Gasteiger partial charge on any atom is -0.309 e. The number of halogens is 1. The van der Waals surface area contributed by atoms with Gasteiger partial charge in [-0.3, -0.25) is 0 Å². The van der Waals surface area contributed by atoms with Crippen LogP contribution < -0.4 is 5.32 Å². The smallest absolute Gasteiger partial charge is 0.0397 e. The summed E-state index contributed by atoms with van der Waals surface area (Å²) in [4.78, 5) is 1.42. The molecule has 3 heteroatoms. The molecular formula is C12H18BrNS. The molecule has 0 aliphatic heterocycles. The molecule has 1 heterocycles. The zero-order chi connectivity index (χ0) is 10.7. The van der Waals surface area contributed by atoms with Gasteiger partial charge >= 0.3 is 0 Å². The second-order valence-electron chi connectivity index (χ2n) is 4.39. The summed E-state index contributed by atoms with van der Waals surface area (Å²) in [6.45, 7) is 3.40. The molecule has 15 heavy (non-hydrogen) atoms. The zero-order valence-corrected chi connectivity index (χ0v) is 11.5. The number of hydrogen-bond donors (Lipinski definition) is 1. The summed E-state index contributed by atoms with van der Waals surface area (Å²) < 4.78 is 1.25. The Morgan fingerprint density at radius 2 is 2.40 bits per heavy atom. The average molecular weight is 288 g/mol. The number of nitrogens with one attached hydrogen (secondary N) is 1. The molecule has 0 aromatic carbocycles. The number of hydrogen-bond acceptors (Lipinski definition) is 2. The van der Waals surface area contributed by atoms with Gasteiger partial charge in [-0.15, -0.1) is 11.3 Å². The Balaban J connectivity index is 1.67. The molecule has 1 saturated carbocycles. The fourth-order valence-corrected chi connectivity index (χ4v) is 3.57.